The molecule has 1 saturated heterocycles. The van der Waals surface area contributed by atoms with Gasteiger partial charge in [-0.25, -0.2) is 4.98 Å². The summed E-state index contributed by atoms with van der Waals surface area (Å²) in [5, 5.41) is 3.48. The molecule has 1 N–H and O–H groups in total. The Morgan fingerprint density at radius 2 is 2.20 bits per heavy atom. The molecular weight excluding hydrogens is 186 g/mol. The molecule has 0 aromatic carbocycles. The number of aryl methyl sites for hydroxylation is 1. The van der Waals surface area contributed by atoms with Crippen molar-refractivity contribution in [3.63, 3.8) is 0 Å². The van der Waals surface area contributed by atoms with Crippen molar-refractivity contribution in [3.8, 4) is 0 Å². The summed E-state index contributed by atoms with van der Waals surface area (Å²) in [5.41, 5.74) is 2.89. The normalized spacial score (nSPS) is 26.3. The Labute approximate surface area is 90.9 Å². The topological polar surface area (TPSA) is 29.9 Å². The third-order valence-electron chi connectivity index (χ3n) is 3.72. The highest BCUT2D eigenvalue weighted by Crippen LogP contribution is 2.25. The minimum absolute atomic E-state index is 0.660. The molecule has 2 aliphatic rings. The Kier molecular flexibility index (Phi) is 2.49. The van der Waals surface area contributed by atoms with Crippen LogP contribution in [0.25, 0.3) is 0 Å². The fourth-order valence-corrected chi connectivity index (χ4v) is 2.88. The molecule has 1 fully saturated rings. The van der Waals surface area contributed by atoms with E-state index in [1.807, 2.05) is 0 Å². The highest BCUT2D eigenvalue weighted by molar-refractivity contribution is 5.17. The SMILES string of the molecule is c1nc2c(n1C1CCCNC1)CCCC2. The van der Waals surface area contributed by atoms with Crippen LogP contribution < -0.4 is 5.32 Å². The molecule has 2 heterocycles. The van der Waals surface area contributed by atoms with E-state index in [9.17, 15) is 0 Å². The molecule has 1 aromatic heterocycles. The predicted octanol–water partition coefficient (Wildman–Crippen LogP) is 1.69. The van der Waals surface area contributed by atoms with Crippen molar-refractivity contribution in [3.05, 3.63) is 17.7 Å². The second kappa shape index (κ2) is 3.97. The lowest BCUT2D eigenvalue weighted by atomic mass is 9.99. The molecule has 3 rings (SSSR count). The van der Waals surface area contributed by atoms with Crippen LogP contribution in [0.15, 0.2) is 6.33 Å². The van der Waals surface area contributed by atoms with Crippen LogP contribution in [0.3, 0.4) is 0 Å². The molecule has 1 aliphatic carbocycles. The van der Waals surface area contributed by atoms with Gasteiger partial charge in [-0.2, -0.15) is 0 Å². The van der Waals surface area contributed by atoms with E-state index in [2.05, 4.69) is 21.2 Å². The number of aromatic nitrogens is 2. The second-order valence-electron chi connectivity index (χ2n) is 4.75. The first-order valence-electron chi connectivity index (χ1n) is 6.20. The Morgan fingerprint density at radius 3 is 3.07 bits per heavy atom. The van der Waals surface area contributed by atoms with Gasteiger partial charge >= 0.3 is 0 Å². The van der Waals surface area contributed by atoms with Crippen molar-refractivity contribution in [1.29, 1.82) is 0 Å². The number of piperidine rings is 1. The first-order chi connectivity index (χ1) is 7.45. The van der Waals surface area contributed by atoms with E-state index in [4.69, 9.17) is 0 Å². The van der Waals surface area contributed by atoms with Gasteiger partial charge < -0.3 is 9.88 Å². The van der Waals surface area contributed by atoms with Gasteiger partial charge in [0.15, 0.2) is 0 Å². The summed E-state index contributed by atoms with van der Waals surface area (Å²) in [6.07, 6.45) is 9.81. The van der Waals surface area contributed by atoms with Gasteiger partial charge in [0.1, 0.15) is 0 Å². The monoisotopic (exact) mass is 205 g/mol. The van der Waals surface area contributed by atoms with Crippen molar-refractivity contribution < 1.29 is 0 Å². The zero-order chi connectivity index (χ0) is 10.1. The molecule has 0 radical (unpaired) electrons. The Balaban J connectivity index is 1.87. The second-order valence-corrected chi connectivity index (χ2v) is 4.75. The maximum atomic E-state index is 4.57. The van der Waals surface area contributed by atoms with Gasteiger partial charge in [0.05, 0.1) is 12.0 Å². The molecule has 0 saturated carbocycles. The van der Waals surface area contributed by atoms with E-state index in [0.717, 1.165) is 6.54 Å². The molecule has 1 aliphatic heterocycles. The fourth-order valence-electron chi connectivity index (χ4n) is 2.88. The maximum absolute atomic E-state index is 4.57. The first kappa shape index (κ1) is 9.40. The van der Waals surface area contributed by atoms with E-state index in [0.29, 0.717) is 6.04 Å². The smallest absolute Gasteiger partial charge is 0.0954 e. The molecule has 0 spiro atoms. The molecule has 15 heavy (non-hydrogen) atoms. The minimum Gasteiger partial charge on any atom is -0.330 e. The quantitative estimate of drug-likeness (QED) is 0.756. The fraction of sp³-hybridized carbons (Fsp3) is 0.750. The molecule has 1 unspecified atom stereocenters. The number of rotatable bonds is 1. The first-order valence-corrected chi connectivity index (χ1v) is 6.20. The van der Waals surface area contributed by atoms with Crippen molar-refractivity contribution >= 4 is 0 Å². The van der Waals surface area contributed by atoms with Gasteiger partial charge in [-0.15, -0.1) is 0 Å². The molecular formula is C12H19N3. The Bertz CT molecular complexity index is 337. The van der Waals surface area contributed by atoms with Crippen LogP contribution in [-0.4, -0.2) is 22.6 Å². The molecule has 0 bridgehead atoms. The third kappa shape index (κ3) is 1.69. The Hall–Kier alpha value is -0.830. The summed E-state index contributed by atoms with van der Waals surface area (Å²) in [6, 6.07) is 0.660. The summed E-state index contributed by atoms with van der Waals surface area (Å²) in [4.78, 5) is 4.57. The molecule has 1 atom stereocenters. The van der Waals surface area contributed by atoms with Gasteiger partial charge in [-0.3, -0.25) is 0 Å². The minimum atomic E-state index is 0.660. The lowest BCUT2D eigenvalue weighted by Gasteiger charge is -2.26. The highest BCUT2D eigenvalue weighted by atomic mass is 15.1. The zero-order valence-electron chi connectivity index (χ0n) is 9.21. The van der Waals surface area contributed by atoms with Crippen molar-refractivity contribution in [2.24, 2.45) is 0 Å². The molecule has 3 nitrogen and oxygen atoms in total. The number of imidazole rings is 1. The summed E-state index contributed by atoms with van der Waals surface area (Å²) in [5.74, 6) is 0. The predicted molar refractivity (Wildman–Crippen MR) is 60.0 cm³/mol. The van der Waals surface area contributed by atoms with Crippen LogP contribution in [0.2, 0.25) is 0 Å². The molecule has 3 heteroatoms. The number of hydrogen-bond acceptors (Lipinski definition) is 2. The summed E-state index contributed by atoms with van der Waals surface area (Å²) < 4.78 is 2.45. The third-order valence-corrected chi connectivity index (χ3v) is 3.72. The number of fused-ring (bicyclic) bond motifs is 1. The van der Waals surface area contributed by atoms with Gasteiger partial charge in [-0.05, 0) is 45.1 Å². The van der Waals surface area contributed by atoms with Crippen molar-refractivity contribution in [2.75, 3.05) is 13.1 Å². The van der Waals surface area contributed by atoms with Crippen LogP contribution in [0.4, 0.5) is 0 Å². The molecule has 0 amide bonds. The summed E-state index contributed by atoms with van der Waals surface area (Å²) in [7, 11) is 0. The number of nitrogens with zero attached hydrogens (tertiary/aromatic N) is 2. The summed E-state index contributed by atoms with van der Waals surface area (Å²) in [6.45, 7) is 2.32. The Morgan fingerprint density at radius 1 is 1.27 bits per heavy atom. The molecule has 82 valence electrons. The van der Waals surface area contributed by atoms with E-state index >= 15 is 0 Å². The average Bonchev–Trinajstić information content (AvgIpc) is 2.74. The van der Waals surface area contributed by atoms with Gasteiger partial charge in [0.25, 0.3) is 0 Å². The van der Waals surface area contributed by atoms with Crippen LogP contribution >= 0.6 is 0 Å². The largest absolute Gasteiger partial charge is 0.330 e. The van der Waals surface area contributed by atoms with Crippen molar-refractivity contribution in [1.82, 2.24) is 14.9 Å². The van der Waals surface area contributed by atoms with Crippen LogP contribution in [0.1, 0.15) is 43.1 Å². The van der Waals surface area contributed by atoms with Crippen molar-refractivity contribution in [2.45, 2.75) is 44.6 Å². The van der Waals surface area contributed by atoms with Crippen LogP contribution in [-0.2, 0) is 12.8 Å². The van der Waals surface area contributed by atoms with E-state index in [-0.39, 0.29) is 0 Å². The standard InChI is InChI=1S/C12H19N3/c1-2-6-12-11(5-1)14-9-15(12)10-4-3-7-13-8-10/h9-10,13H,1-8H2. The zero-order valence-corrected chi connectivity index (χ0v) is 9.21. The van der Waals surface area contributed by atoms with Crippen LogP contribution in [0.5, 0.6) is 0 Å². The number of nitrogens with one attached hydrogen (secondary N) is 1. The molecule has 1 aromatic rings. The lowest BCUT2D eigenvalue weighted by Crippen LogP contribution is -2.32. The van der Waals surface area contributed by atoms with E-state index in [1.165, 1.54) is 56.5 Å². The van der Waals surface area contributed by atoms with Gasteiger partial charge in [0, 0.05) is 18.3 Å². The van der Waals surface area contributed by atoms with Crippen LogP contribution in [0, 0.1) is 0 Å². The van der Waals surface area contributed by atoms with Gasteiger partial charge in [0.2, 0.25) is 0 Å². The van der Waals surface area contributed by atoms with Gasteiger partial charge in [-0.1, -0.05) is 0 Å². The average molecular weight is 205 g/mol. The summed E-state index contributed by atoms with van der Waals surface area (Å²) >= 11 is 0. The maximum Gasteiger partial charge on any atom is 0.0954 e. The lowest BCUT2D eigenvalue weighted by molar-refractivity contribution is 0.362. The van der Waals surface area contributed by atoms with E-state index in [1.54, 1.807) is 0 Å². The highest BCUT2D eigenvalue weighted by Gasteiger charge is 2.21. The number of hydrogen-bond donors (Lipinski definition) is 1. The van der Waals surface area contributed by atoms with E-state index < -0.39 is 0 Å².